The maximum Gasteiger partial charge on any atom is 0.257 e. The predicted molar refractivity (Wildman–Crippen MR) is 129 cm³/mol. The minimum Gasteiger partial charge on any atom is -0.298 e. The number of aromatic nitrogens is 1. The van der Waals surface area contributed by atoms with E-state index >= 15 is 0 Å². The summed E-state index contributed by atoms with van der Waals surface area (Å²) in [6.07, 6.45) is 1.70. The molecule has 3 aromatic rings. The fourth-order valence-corrected chi connectivity index (χ4v) is 6.07. The van der Waals surface area contributed by atoms with E-state index in [1.54, 1.807) is 0 Å². The molecule has 33 heavy (non-hydrogen) atoms. The number of nitrogens with zero attached hydrogens (tertiary/aromatic N) is 2. The van der Waals surface area contributed by atoms with Crippen LogP contribution >= 0.6 is 11.3 Å². The molecule has 1 aliphatic rings. The van der Waals surface area contributed by atoms with Gasteiger partial charge in [0.1, 0.15) is 0 Å². The average Bonchev–Trinajstić information content (AvgIpc) is 3.24. The molecule has 1 amide bonds. The van der Waals surface area contributed by atoms with Crippen molar-refractivity contribution >= 4 is 38.2 Å². The zero-order valence-electron chi connectivity index (χ0n) is 18.4. The average molecular weight is 484 g/mol. The van der Waals surface area contributed by atoms with Gasteiger partial charge in [-0.1, -0.05) is 48.6 Å². The summed E-state index contributed by atoms with van der Waals surface area (Å²) in [6, 6.07) is 15.2. The highest BCUT2D eigenvalue weighted by Crippen LogP contribution is 2.32. The van der Waals surface area contributed by atoms with E-state index in [0.717, 1.165) is 29.7 Å². The zero-order chi connectivity index (χ0) is 23.6. The van der Waals surface area contributed by atoms with Crippen molar-refractivity contribution in [3.8, 4) is 11.3 Å². The molecule has 0 unspecified atom stereocenters. The molecule has 1 saturated heterocycles. The molecule has 2 aromatic carbocycles. The van der Waals surface area contributed by atoms with Crippen LogP contribution in [-0.2, 0) is 10.0 Å². The molecule has 0 aliphatic carbocycles. The van der Waals surface area contributed by atoms with Gasteiger partial charge in [-0.25, -0.2) is 13.4 Å². The van der Waals surface area contributed by atoms with E-state index in [-0.39, 0.29) is 10.7 Å². The number of nitrogens with one attached hydrogen (secondary N) is 1. The van der Waals surface area contributed by atoms with Gasteiger partial charge in [0, 0.05) is 31.1 Å². The third-order valence-electron chi connectivity index (χ3n) is 5.71. The number of amides is 1. The molecule has 0 saturated carbocycles. The van der Waals surface area contributed by atoms with Crippen LogP contribution in [0.5, 0.6) is 0 Å². The van der Waals surface area contributed by atoms with E-state index in [1.165, 1.54) is 35.5 Å². The van der Waals surface area contributed by atoms with Crippen LogP contribution in [0.25, 0.3) is 11.3 Å². The van der Waals surface area contributed by atoms with Crippen LogP contribution in [-0.4, -0.2) is 42.5 Å². The molecule has 1 N–H and O–H groups in total. The maximum atomic E-state index is 12.9. The van der Waals surface area contributed by atoms with Crippen molar-refractivity contribution in [3.05, 3.63) is 65.0 Å². The second-order valence-electron chi connectivity index (χ2n) is 8.18. The molecule has 1 aromatic heterocycles. The number of carbonyl (C=O) groups is 2. The topological polar surface area (TPSA) is 96.4 Å². The summed E-state index contributed by atoms with van der Waals surface area (Å²) in [5.41, 5.74) is 1.63. The summed E-state index contributed by atoms with van der Waals surface area (Å²) in [7, 11) is -3.58. The first-order chi connectivity index (χ1) is 15.8. The molecule has 2 heterocycles. The van der Waals surface area contributed by atoms with Gasteiger partial charge in [0.2, 0.25) is 10.0 Å². The number of hydrogen-bond acceptors (Lipinski definition) is 6. The van der Waals surface area contributed by atoms with E-state index in [9.17, 15) is 18.0 Å². The lowest BCUT2D eigenvalue weighted by molar-refractivity contribution is 0.101. The Morgan fingerprint density at radius 1 is 1.03 bits per heavy atom. The number of rotatable bonds is 6. The Hall–Kier alpha value is -2.88. The number of benzene rings is 2. The molecule has 0 atom stereocenters. The van der Waals surface area contributed by atoms with Gasteiger partial charge in [-0.3, -0.25) is 14.9 Å². The third-order valence-corrected chi connectivity index (χ3v) is 8.70. The highest BCUT2D eigenvalue weighted by Gasteiger charge is 2.28. The summed E-state index contributed by atoms with van der Waals surface area (Å²) in [4.78, 5) is 29.9. The van der Waals surface area contributed by atoms with Crippen LogP contribution in [0.1, 0.15) is 46.7 Å². The van der Waals surface area contributed by atoms with Crippen molar-refractivity contribution in [1.29, 1.82) is 0 Å². The Morgan fingerprint density at radius 2 is 1.67 bits per heavy atom. The molecule has 0 bridgehead atoms. The number of sulfonamides is 1. The number of thiazole rings is 1. The number of Topliss-reactive ketones (excluding diaryl/α,β-unsaturated/α-hetero) is 1. The fraction of sp³-hybridized carbons (Fsp3) is 0.292. The van der Waals surface area contributed by atoms with Gasteiger partial charge in [-0.05, 0) is 43.0 Å². The van der Waals surface area contributed by atoms with Gasteiger partial charge in [0.25, 0.3) is 5.91 Å². The Balaban J connectivity index is 1.51. The number of anilines is 1. The van der Waals surface area contributed by atoms with Crippen LogP contribution in [0.2, 0.25) is 0 Å². The zero-order valence-corrected chi connectivity index (χ0v) is 20.1. The van der Waals surface area contributed by atoms with Gasteiger partial charge in [-0.2, -0.15) is 4.31 Å². The summed E-state index contributed by atoms with van der Waals surface area (Å²) < 4.78 is 27.3. The minimum absolute atomic E-state index is 0.131. The minimum atomic E-state index is -3.58. The van der Waals surface area contributed by atoms with Crippen LogP contribution in [0.15, 0.2) is 59.5 Å². The molecule has 172 valence electrons. The Kier molecular flexibility index (Phi) is 6.73. The van der Waals surface area contributed by atoms with Crippen molar-refractivity contribution in [1.82, 2.24) is 9.29 Å². The normalized spacial score (nSPS) is 15.3. The second kappa shape index (κ2) is 9.54. The lowest BCUT2D eigenvalue weighted by atomic mass is 10.0. The van der Waals surface area contributed by atoms with Crippen LogP contribution in [0.4, 0.5) is 5.13 Å². The molecule has 9 heteroatoms. The first-order valence-corrected chi connectivity index (χ1v) is 13.0. The van der Waals surface area contributed by atoms with Crippen molar-refractivity contribution in [2.45, 2.75) is 31.6 Å². The van der Waals surface area contributed by atoms with Crippen molar-refractivity contribution < 1.29 is 18.0 Å². The summed E-state index contributed by atoms with van der Waals surface area (Å²) in [6.45, 7) is 4.62. The summed E-state index contributed by atoms with van der Waals surface area (Å²) in [5.74, 6) is -0.0259. The third kappa shape index (κ3) is 5.05. The Bertz CT molecular complexity index is 1260. The molecule has 7 nitrogen and oxygen atoms in total. The standard InChI is InChI=1S/C24H25N3O4S2/c1-16-12-14-27(15-13-16)33(30,31)20-10-8-19(9-11-20)23(29)26-24-25-21(22(32-24)17(2)28)18-6-4-3-5-7-18/h3-11,16H,12-15H2,1-2H3,(H,25,26,29). The number of hydrogen-bond donors (Lipinski definition) is 1. The predicted octanol–water partition coefficient (Wildman–Crippen LogP) is 4.69. The van der Waals surface area contributed by atoms with Crippen molar-refractivity contribution in [3.63, 3.8) is 0 Å². The lowest BCUT2D eigenvalue weighted by Gasteiger charge is -2.29. The maximum absolute atomic E-state index is 12.9. The Labute approximate surface area is 197 Å². The Morgan fingerprint density at radius 3 is 2.27 bits per heavy atom. The van der Waals surface area contributed by atoms with Gasteiger partial charge in [0.15, 0.2) is 10.9 Å². The second-order valence-corrected chi connectivity index (χ2v) is 11.1. The summed E-state index contributed by atoms with van der Waals surface area (Å²) in [5, 5.41) is 3.03. The number of carbonyl (C=O) groups excluding carboxylic acids is 2. The molecule has 0 spiro atoms. The first kappa shape index (κ1) is 23.3. The quantitative estimate of drug-likeness (QED) is 0.513. The fourth-order valence-electron chi connectivity index (χ4n) is 3.73. The number of ketones is 1. The number of piperidine rings is 1. The lowest BCUT2D eigenvalue weighted by Crippen LogP contribution is -2.37. The SMILES string of the molecule is CC(=O)c1sc(NC(=O)c2ccc(S(=O)(=O)N3CCC(C)CC3)cc2)nc1-c1ccccc1. The highest BCUT2D eigenvalue weighted by atomic mass is 32.2. The molecule has 0 radical (unpaired) electrons. The van der Waals surface area contributed by atoms with Crippen LogP contribution < -0.4 is 5.32 Å². The van der Waals surface area contributed by atoms with E-state index in [0.29, 0.717) is 40.3 Å². The van der Waals surface area contributed by atoms with Crippen LogP contribution in [0.3, 0.4) is 0 Å². The first-order valence-electron chi connectivity index (χ1n) is 10.7. The van der Waals surface area contributed by atoms with Gasteiger partial charge >= 0.3 is 0 Å². The van der Waals surface area contributed by atoms with E-state index in [1.807, 2.05) is 30.3 Å². The molecule has 1 aliphatic heterocycles. The molecule has 1 fully saturated rings. The monoisotopic (exact) mass is 483 g/mol. The van der Waals surface area contributed by atoms with E-state index < -0.39 is 15.9 Å². The molecular formula is C24H25N3O4S2. The van der Waals surface area contributed by atoms with Gasteiger partial charge in [-0.15, -0.1) is 0 Å². The van der Waals surface area contributed by atoms with E-state index in [4.69, 9.17) is 0 Å². The highest BCUT2D eigenvalue weighted by molar-refractivity contribution is 7.89. The van der Waals surface area contributed by atoms with Crippen molar-refractivity contribution in [2.24, 2.45) is 5.92 Å². The largest absolute Gasteiger partial charge is 0.298 e. The molecular weight excluding hydrogens is 458 g/mol. The van der Waals surface area contributed by atoms with Gasteiger partial charge in [0.05, 0.1) is 15.5 Å². The summed E-state index contributed by atoms with van der Waals surface area (Å²) >= 11 is 1.12. The van der Waals surface area contributed by atoms with Crippen molar-refractivity contribution in [2.75, 3.05) is 18.4 Å². The van der Waals surface area contributed by atoms with Crippen LogP contribution in [0, 0.1) is 5.92 Å². The van der Waals surface area contributed by atoms with E-state index in [2.05, 4.69) is 17.2 Å². The smallest absolute Gasteiger partial charge is 0.257 e. The van der Waals surface area contributed by atoms with Gasteiger partial charge < -0.3 is 0 Å². The molecule has 4 rings (SSSR count).